The first-order valence-electron chi connectivity index (χ1n) is 18.7. The van der Waals surface area contributed by atoms with Crippen molar-refractivity contribution >= 4 is 71.7 Å². The van der Waals surface area contributed by atoms with Gasteiger partial charge in [-0.2, -0.15) is 0 Å². The first-order chi connectivity index (χ1) is 27.3. The topological polar surface area (TPSA) is 29.5 Å². The van der Waals surface area contributed by atoms with E-state index < -0.39 is 0 Å². The summed E-state index contributed by atoms with van der Waals surface area (Å²) in [7, 11) is 0. The number of hydrogen-bond donors (Lipinski definition) is 0. The number of para-hydroxylation sites is 2. The number of anilines is 3. The van der Waals surface area contributed by atoms with Crippen LogP contribution in [-0.4, -0.2) is 0 Å². The number of furan rings is 2. The second-order valence-corrected chi connectivity index (χ2v) is 14.0. The molecule has 0 radical (unpaired) electrons. The van der Waals surface area contributed by atoms with Crippen LogP contribution in [0.4, 0.5) is 17.1 Å². The lowest BCUT2D eigenvalue weighted by atomic mass is 9.96. The lowest BCUT2D eigenvalue weighted by Crippen LogP contribution is -2.11. The van der Waals surface area contributed by atoms with Gasteiger partial charge >= 0.3 is 0 Å². The zero-order valence-electron chi connectivity index (χ0n) is 29.8. The van der Waals surface area contributed by atoms with E-state index in [-0.39, 0.29) is 0 Å². The highest BCUT2D eigenvalue weighted by molar-refractivity contribution is 6.20. The molecule has 0 saturated heterocycles. The maximum Gasteiger partial charge on any atom is 0.143 e. The number of hydrogen-bond acceptors (Lipinski definition) is 3. The van der Waals surface area contributed by atoms with E-state index in [2.05, 4.69) is 193 Å². The minimum atomic E-state index is 0.851. The highest BCUT2D eigenvalue weighted by atomic mass is 16.3. The maximum absolute atomic E-state index is 6.72. The van der Waals surface area contributed by atoms with Crippen molar-refractivity contribution in [3.05, 3.63) is 200 Å². The third-order valence-corrected chi connectivity index (χ3v) is 10.9. The van der Waals surface area contributed by atoms with Crippen molar-refractivity contribution in [2.45, 2.75) is 0 Å². The Balaban J connectivity index is 1.12. The van der Waals surface area contributed by atoms with Gasteiger partial charge in [0.15, 0.2) is 0 Å². The SMILES string of the molecule is c1ccc(-c2ccc(-c3ccc(N(c4ccccc4-c4cccc5oc6ccccc6c45)c4cccc5oc6c7ccccc7ccc6c45)cc3)cc2)cc1. The number of benzene rings is 9. The van der Waals surface area contributed by atoms with Gasteiger partial charge in [-0.3, -0.25) is 0 Å². The predicted octanol–water partition coefficient (Wildman–Crippen LogP) is 15.1. The molecule has 2 aromatic heterocycles. The summed E-state index contributed by atoms with van der Waals surface area (Å²) in [5.74, 6) is 0. The Morgan fingerprint density at radius 1 is 0.309 bits per heavy atom. The molecule has 0 spiro atoms. The number of nitrogens with zero attached hydrogens (tertiary/aromatic N) is 1. The Bertz CT molecular complexity index is 3190. The van der Waals surface area contributed by atoms with Crippen molar-refractivity contribution in [1.82, 2.24) is 0 Å². The van der Waals surface area contributed by atoms with Crippen LogP contribution in [0.3, 0.4) is 0 Å². The Morgan fingerprint density at radius 3 is 1.67 bits per heavy atom. The summed E-state index contributed by atoms with van der Waals surface area (Å²) in [6.07, 6.45) is 0. The van der Waals surface area contributed by atoms with Crippen molar-refractivity contribution in [2.24, 2.45) is 0 Å². The summed E-state index contributed by atoms with van der Waals surface area (Å²) in [5.41, 5.74) is 13.6. The number of rotatable bonds is 6. The molecule has 0 aliphatic carbocycles. The molecule has 11 rings (SSSR count). The van der Waals surface area contributed by atoms with Gasteiger partial charge in [0.1, 0.15) is 22.3 Å². The molecule has 2 heterocycles. The third kappa shape index (κ3) is 5.13. The fraction of sp³-hybridized carbons (Fsp3) is 0. The van der Waals surface area contributed by atoms with E-state index in [9.17, 15) is 0 Å². The molecular formula is C52H33NO2. The second-order valence-electron chi connectivity index (χ2n) is 14.0. The first-order valence-corrected chi connectivity index (χ1v) is 18.7. The highest BCUT2D eigenvalue weighted by Gasteiger charge is 2.24. The molecule has 55 heavy (non-hydrogen) atoms. The molecule has 0 saturated carbocycles. The van der Waals surface area contributed by atoms with Gasteiger partial charge in [0, 0.05) is 32.8 Å². The number of fused-ring (bicyclic) bond motifs is 8. The van der Waals surface area contributed by atoms with Crippen LogP contribution in [-0.2, 0) is 0 Å². The quantitative estimate of drug-likeness (QED) is 0.173. The average Bonchev–Trinajstić information content (AvgIpc) is 3.84. The van der Waals surface area contributed by atoms with Crippen LogP contribution in [0.25, 0.3) is 88.0 Å². The molecule has 0 unspecified atom stereocenters. The van der Waals surface area contributed by atoms with Crippen LogP contribution >= 0.6 is 0 Å². The lowest BCUT2D eigenvalue weighted by Gasteiger charge is -2.29. The molecule has 0 aliphatic heterocycles. The molecule has 0 fully saturated rings. The van der Waals surface area contributed by atoms with Gasteiger partial charge in [0.2, 0.25) is 0 Å². The molecule has 0 atom stereocenters. The molecule has 258 valence electrons. The monoisotopic (exact) mass is 703 g/mol. The Kier molecular flexibility index (Phi) is 7.17. The summed E-state index contributed by atoms with van der Waals surface area (Å²) >= 11 is 0. The van der Waals surface area contributed by atoms with Crippen molar-refractivity contribution < 1.29 is 8.83 Å². The molecule has 3 heteroatoms. The van der Waals surface area contributed by atoms with E-state index in [1.54, 1.807) is 0 Å². The van der Waals surface area contributed by atoms with Crippen LogP contribution < -0.4 is 4.90 Å². The van der Waals surface area contributed by atoms with E-state index in [1.807, 2.05) is 12.1 Å². The van der Waals surface area contributed by atoms with Gasteiger partial charge in [-0.25, -0.2) is 0 Å². The minimum Gasteiger partial charge on any atom is -0.456 e. The first kappa shape index (κ1) is 31.2. The van der Waals surface area contributed by atoms with Crippen molar-refractivity contribution in [3.63, 3.8) is 0 Å². The van der Waals surface area contributed by atoms with Crippen molar-refractivity contribution in [2.75, 3.05) is 4.90 Å². The minimum absolute atomic E-state index is 0.851. The Labute approximate surface area is 317 Å². The van der Waals surface area contributed by atoms with E-state index in [0.29, 0.717) is 0 Å². The summed E-state index contributed by atoms with van der Waals surface area (Å²) < 4.78 is 13.1. The molecule has 3 nitrogen and oxygen atoms in total. The highest BCUT2D eigenvalue weighted by Crippen LogP contribution is 2.48. The Morgan fingerprint density at radius 2 is 0.873 bits per heavy atom. The largest absolute Gasteiger partial charge is 0.456 e. The van der Waals surface area contributed by atoms with Gasteiger partial charge in [-0.15, -0.1) is 0 Å². The fourth-order valence-corrected chi connectivity index (χ4v) is 8.31. The molecule has 0 aliphatic rings. The zero-order chi connectivity index (χ0) is 36.3. The molecular weight excluding hydrogens is 671 g/mol. The van der Waals surface area contributed by atoms with Crippen LogP contribution in [0.5, 0.6) is 0 Å². The van der Waals surface area contributed by atoms with Gasteiger partial charge in [-0.05, 0) is 81.7 Å². The summed E-state index contributed by atoms with van der Waals surface area (Å²) in [6, 6.07) is 70.9. The molecule has 0 bridgehead atoms. The lowest BCUT2D eigenvalue weighted by molar-refractivity contribution is 0.669. The smallest absolute Gasteiger partial charge is 0.143 e. The zero-order valence-corrected chi connectivity index (χ0v) is 29.8. The van der Waals surface area contributed by atoms with E-state index in [1.165, 1.54) is 16.7 Å². The van der Waals surface area contributed by atoms with Crippen LogP contribution in [0.1, 0.15) is 0 Å². The van der Waals surface area contributed by atoms with Gasteiger partial charge in [0.25, 0.3) is 0 Å². The van der Waals surface area contributed by atoms with Crippen LogP contribution in [0.2, 0.25) is 0 Å². The van der Waals surface area contributed by atoms with Crippen LogP contribution in [0.15, 0.2) is 209 Å². The van der Waals surface area contributed by atoms with E-state index in [4.69, 9.17) is 8.83 Å². The normalized spacial score (nSPS) is 11.6. The summed E-state index contributed by atoms with van der Waals surface area (Å²) in [5, 5.41) is 6.64. The molecule has 0 N–H and O–H groups in total. The van der Waals surface area contributed by atoms with Gasteiger partial charge in [0.05, 0.1) is 16.8 Å². The molecule has 9 aromatic carbocycles. The van der Waals surface area contributed by atoms with E-state index in [0.717, 1.165) is 88.4 Å². The molecule has 11 aromatic rings. The third-order valence-electron chi connectivity index (χ3n) is 10.9. The molecule has 0 amide bonds. The van der Waals surface area contributed by atoms with Crippen molar-refractivity contribution in [3.8, 4) is 33.4 Å². The summed E-state index contributed by atoms with van der Waals surface area (Å²) in [6.45, 7) is 0. The van der Waals surface area contributed by atoms with Gasteiger partial charge < -0.3 is 13.7 Å². The Hall–Kier alpha value is -7.36. The maximum atomic E-state index is 6.72. The summed E-state index contributed by atoms with van der Waals surface area (Å²) in [4.78, 5) is 2.39. The standard InChI is InChI=1S/C52H33NO2/c1-2-12-34(13-3-1)35-24-26-36(27-25-35)37-28-31-39(32-29-37)53(46-20-11-23-49-51(46)44-33-30-38-14-4-5-15-40(38)52(44)55-49)45-19-8-6-16-41(45)42-18-10-22-48-50(42)43-17-7-9-21-47(43)54-48/h1-33H. The second kappa shape index (κ2) is 12.6. The van der Waals surface area contributed by atoms with Crippen LogP contribution in [0, 0.1) is 0 Å². The fourth-order valence-electron chi connectivity index (χ4n) is 8.31. The van der Waals surface area contributed by atoms with Gasteiger partial charge in [-0.1, -0.05) is 152 Å². The average molecular weight is 704 g/mol. The predicted molar refractivity (Wildman–Crippen MR) is 229 cm³/mol. The van der Waals surface area contributed by atoms with E-state index >= 15 is 0 Å². The van der Waals surface area contributed by atoms with Crippen molar-refractivity contribution in [1.29, 1.82) is 0 Å².